The number of aliphatic hydroxyl groups is 1. The van der Waals surface area contributed by atoms with E-state index in [0.717, 1.165) is 5.56 Å². The maximum atomic E-state index is 10.6. The zero-order chi connectivity index (χ0) is 12.4. The van der Waals surface area contributed by atoms with Crippen LogP contribution in [0.1, 0.15) is 31.9 Å². The molecule has 1 aromatic carbocycles. The van der Waals surface area contributed by atoms with Gasteiger partial charge in [0.1, 0.15) is 0 Å². The van der Waals surface area contributed by atoms with Crippen LogP contribution in [-0.2, 0) is 6.42 Å². The van der Waals surface area contributed by atoms with Crippen LogP contribution in [0, 0.1) is 12.3 Å². The molecule has 3 N–H and O–H groups in total. The summed E-state index contributed by atoms with van der Waals surface area (Å²) in [6, 6.07) is 8.24. The molecule has 2 nitrogen and oxygen atoms in total. The lowest BCUT2D eigenvalue weighted by molar-refractivity contribution is -0.0490. The van der Waals surface area contributed by atoms with Crippen molar-refractivity contribution in [1.82, 2.24) is 0 Å². The van der Waals surface area contributed by atoms with Crippen LogP contribution in [0.15, 0.2) is 24.3 Å². The average molecular weight is 221 g/mol. The highest BCUT2D eigenvalue weighted by Crippen LogP contribution is 2.32. The standard InChI is InChI=1S/C14H23NO/c1-11-5-7-12(8-6-11)9-14(16,10-15)13(2,3)4/h5-8,16H,9-10,15H2,1-4H3. The Labute approximate surface area is 98.5 Å². The molecule has 0 amide bonds. The first-order chi connectivity index (χ1) is 7.28. The van der Waals surface area contributed by atoms with Gasteiger partial charge >= 0.3 is 0 Å². The number of nitrogens with two attached hydrogens (primary N) is 1. The highest BCUT2D eigenvalue weighted by Gasteiger charge is 2.38. The second-order valence-corrected chi connectivity index (χ2v) is 5.65. The molecule has 0 bridgehead atoms. The molecule has 0 aliphatic heterocycles. The molecule has 1 aromatic rings. The van der Waals surface area contributed by atoms with Crippen LogP contribution in [0.3, 0.4) is 0 Å². The van der Waals surface area contributed by atoms with Crippen LogP contribution < -0.4 is 5.73 Å². The van der Waals surface area contributed by atoms with Gasteiger partial charge in [-0.15, -0.1) is 0 Å². The molecule has 90 valence electrons. The molecule has 16 heavy (non-hydrogen) atoms. The Kier molecular flexibility index (Phi) is 3.76. The molecule has 0 heterocycles. The first kappa shape index (κ1) is 13.2. The molecule has 1 atom stereocenters. The summed E-state index contributed by atoms with van der Waals surface area (Å²) in [5.74, 6) is 0. The monoisotopic (exact) mass is 221 g/mol. The third-order valence-electron chi connectivity index (χ3n) is 3.35. The predicted octanol–water partition coefficient (Wildman–Crippen LogP) is 2.27. The molecular weight excluding hydrogens is 198 g/mol. The summed E-state index contributed by atoms with van der Waals surface area (Å²) < 4.78 is 0. The van der Waals surface area contributed by atoms with Gasteiger partial charge in [-0.05, 0) is 17.9 Å². The van der Waals surface area contributed by atoms with Gasteiger partial charge < -0.3 is 10.8 Å². The molecule has 1 rings (SSSR count). The fourth-order valence-corrected chi connectivity index (χ4v) is 1.69. The van der Waals surface area contributed by atoms with E-state index in [0.29, 0.717) is 6.42 Å². The van der Waals surface area contributed by atoms with E-state index in [-0.39, 0.29) is 12.0 Å². The lowest BCUT2D eigenvalue weighted by Gasteiger charge is -2.39. The fraction of sp³-hybridized carbons (Fsp3) is 0.571. The maximum absolute atomic E-state index is 10.6. The largest absolute Gasteiger partial charge is 0.388 e. The Balaban J connectivity index is 2.89. The van der Waals surface area contributed by atoms with Crippen molar-refractivity contribution >= 4 is 0 Å². The van der Waals surface area contributed by atoms with Gasteiger partial charge in [0, 0.05) is 13.0 Å². The van der Waals surface area contributed by atoms with Gasteiger partial charge in [-0.25, -0.2) is 0 Å². The molecule has 0 spiro atoms. The van der Waals surface area contributed by atoms with Crippen LogP contribution in [-0.4, -0.2) is 17.3 Å². The highest BCUT2D eigenvalue weighted by molar-refractivity contribution is 5.23. The van der Waals surface area contributed by atoms with Crippen molar-refractivity contribution in [3.8, 4) is 0 Å². The van der Waals surface area contributed by atoms with Crippen molar-refractivity contribution < 1.29 is 5.11 Å². The highest BCUT2D eigenvalue weighted by atomic mass is 16.3. The molecule has 1 unspecified atom stereocenters. The molecule has 0 saturated carbocycles. The minimum atomic E-state index is -0.845. The van der Waals surface area contributed by atoms with Gasteiger partial charge in [0.15, 0.2) is 0 Å². The third-order valence-corrected chi connectivity index (χ3v) is 3.35. The van der Waals surface area contributed by atoms with Gasteiger partial charge in [-0.1, -0.05) is 50.6 Å². The van der Waals surface area contributed by atoms with E-state index in [4.69, 9.17) is 5.73 Å². The lowest BCUT2D eigenvalue weighted by atomic mass is 9.73. The number of hydrogen-bond donors (Lipinski definition) is 2. The van der Waals surface area contributed by atoms with Gasteiger partial charge in [0.05, 0.1) is 5.60 Å². The van der Waals surface area contributed by atoms with Crippen molar-refractivity contribution in [3.63, 3.8) is 0 Å². The van der Waals surface area contributed by atoms with Gasteiger partial charge in [0.25, 0.3) is 0 Å². The third kappa shape index (κ3) is 2.83. The predicted molar refractivity (Wildman–Crippen MR) is 68.3 cm³/mol. The first-order valence-corrected chi connectivity index (χ1v) is 5.76. The molecule has 0 saturated heterocycles. The van der Waals surface area contributed by atoms with E-state index in [9.17, 15) is 5.11 Å². The van der Waals surface area contributed by atoms with Crippen molar-refractivity contribution in [1.29, 1.82) is 0 Å². The minimum absolute atomic E-state index is 0.216. The normalized spacial score (nSPS) is 15.9. The SMILES string of the molecule is Cc1ccc(CC(O)(CN)C(C)(C)C)cc1. The molecular formula is C14H23NO. The maximum Gasteiger partial charge on any atom is 0.0857 e. The Morgan fingerprint density at radius 3 is 2.00 bits per heavy atom. The summed E-state index contributed by atoms with van der Waals surface area (Å²) >= 11 is 0. The molecule has 0 fully saturated rings. The van der Waals surface area contributed by atoms with Crippen LogP contribution in [0.5, 0.6) is 0 Å². The van der Waals surface area contributed by atoms with Crippen molar-refractivity contribution in [2.45, 2.75) is 39.7 Å². The van der Waals surface area contributed by atoms with Crippen LogP contribution in [0.25, 0.3) is 0 Å². The molecule has 0 aliphatic carbocycles. The zero-order valence-corrected chi connectivity index (χ0v) is 10.7. The topological polar surface area (TPSA) is 46.2 Å². The molecule has 0 radical (unpaired) electrons. The Bertz CT molecular complexity index is 337. The number of rotatable bonds is 3. The summed E-state index contributed by atoms with van der Waals surface area (Å²) in [4.78, 5) is 0. The van der Waals surface area contributed by atoms with E-state index in [1.54, 1.807) is 0 Å². The lowest BCUT2D eigenvalue weighted by Crippen LogP contribution is -2.50. The van der Waals surface area contributed by atoms with Crippen LogP contribution in [0.4, 0.5) is 0 Å². The minimum Gasteiger partial charge on any atom is -0.388 e. The Hall–Kier alpha value is -0.860. The second-order valence-electron chi connectivity index (χ2n) is 5.65. The quantitative estimate of drug-likeness (QED) is 0.822. The number of aryl methyl sites for hydroxylation is 1. The van der Waals surface area contributed by atoms with Gasteiger partial charge in [-0.2, -0.15) is 0 Å². The molecule has 0 aromatic heterocycles. The Morgan fingerprint density at radius 2 is 1.62 bits per heavy atom. The van der Waals surface area contributed by atoms with E-state index in [1.165, 1.54) is 5.56 Å². The van der Waals surface area contributed by atoms with Crippen molar-refractivity contribution in [2.24, 2.45) is 11.1 Å². The van der Waals surface area contributed by atoms with E-state index < -0.39 is 5.60 Å². The van der Waals surface area contributed by atoms with Crippen molar-refractivity contribution in [3.05, 3.63) is 35.4 Å². The molecule has 0 aliphatic rings. The van der Waals surface area contributed by atoms with E-state index >= 15 is 0 Å². The second kappa shape index (κ2) is 4.56. The van der Waals surface area contributed by atoms with E-state index in [2.05, 4.69) is 31.2 Å². The summed E-state index contributed by atoms with van der Waals surface area (Å²) in [7, 11) is 0. The molecule has 2 heteroatoms. The summed E-state index contributed by atoms with van der Waals surface area (Å²) in [6.07, 6.45) is 0.604. The summed E-state index contributed by atoms with van der Waals surface area (Å²) in [5.41, 5.74) is 7.03. The van der Waals surface area contributed by atoms with Crippen LogP contribution in [0.2, 0.25) is 0 Å². The van der Waals surface area contributed by atoms with Crippen molar-refractivity contribution in [2.75, 3.05) is 6.54 Å². The van der Waals surface area contributed by atoms with Crippen LogP contribution >= 0.6 is 0 Å². The average Bonchev–Trinajstić information content (AvgIpc) is 2.19. The first-order valence-electron chi connectivity index (χ1n) is 5.76. The summed E-state index contributed by atoms with van der Waals surface area (Å²) in [6.45, 7) is 8.41. The zero-order valence-electron chi connectivity index (χ0n) is 10.7. The van der Waals surface area contributed by atoms with E-state index in [1.807, 2.05) is 20.8 Å². The Morgan fingerprint density at radius 1 is 1.12 bits per heavy atom. The summed E-state index contributed by atoms with van der Waals surface area (Å²) in [5, 5.41) is 10.6. The number of hydrogen-bond acceptors (Lipinski definition) is 2. The smallest absolute Gasteiger partial charge is 0.0857 e. The fourth-order valence-electron chi connectivity index (χ4n) is 1.69. The van der Waals surface area contributed by atoms with Gasteiger partial charge in [-0.3, -0.25) is 0 Å². The van der Waals surface area contributed by atoms with Gasteiger partial charge in [0.2, 0.25) is 0 Å². The number of benzene rings is 1.